The first-order valence-electron chi connectivity index (χ1n) is 37.4. The van der Waals surface area contributed by atoms with Gasteiger partial charge in [0.25, 0.3) is 0 Å². The number of unbranched alkanes of at least 4 members (excludes halogenated alkanes) is 49. The van der Waals surface area contributed by atoms with Crippen LogP contribution in [0.2, 0.25) is 0 Å². The van der Waals surface area contributed by atoms with Gasteiger partial charge in [0.15, 0.2) is 5.84 Å². The molecule has 79 heavy (non-hydrogen) atoms. The van der Waals surface area contributed by atoms with Gasteiger partial charge < -0.3 is 9.90 Å². The lowest BCUT2D eigenvalue weighted by Gasteiger charge is -2.56. The van der Waals surface area contributed by atoms with Gasteiger partial charge in [-0.3, -0.25) is 4.48 Å². The number of nitrogens with zero attached hydrogens (tertiary/aromatic N) is 2. The number of carbonyl (C=O) groups excluding carboxylic acids is 1. The van der Waals surface area contributed by atoms with Crippen LogP contribution in [0.4, 0.5) is 0 Å². The Hall–Kier alpha value is -0.900. The van der Waals surface area contributed by atoms with E-state index in [2.05, 4.69) is 48.5 Å². The van der Waals surface area contributed by atoms with E-state index in [1.807, 2.05) is 0 Å². The summed E-state index contributed by atoms with van der Waals surface area (Å²) in [7, 11) is 0. The largest absolute Gasteiger partial charge is 0.550 e. The fourth-order valence-electron chi connectivity index (χ4n) is 14.5. The average molecular weight is 1110 g/mol. The van der Waals surface area contributed by atoms with Crippen LogP contribution in [-0.4, -0.2) is 40.5 Å². The van der Waals surface area contributed by atoms with Crippen LogP contribution in [0.3, 0.4) is 0 Å². The maximum atomic E-state index is 8.89. The fourth-order valence-corrected chi connectivity index (χ4v) is 14.5. The molecule has 0 fully saturated rings. The maximum absolute atomic E-state index is 8.89. The van der Waals surface area contributed by atoms with Crippen molar-refractivity contribution >= 4 is 11.8 Å². The van der Waals surface area contributed by atoms with Crippen molar-refractivity contribution in [2.75, 3.05) is 13.1 Å². The molecule has 4 heteroatoms. The molecule has 0 saturated carbocycles. The molecule has 0 bridgehead atoms. The standard InChI is InChI=1S/C73H147N2.C2H4O2/c1-8-15-22-29-36-43-50-57-64-71-74-72(65-58-51-44-37-30-23-16-9-2,66-59-52-45-38-31-24-17-10-3)73(67-60-53-46-39-32-25-18-11-4,68-61-54-47-40-33-26-19-12-5)75(71,69-62-55-48-41-34-27-20-13-6)70-63-56-49-42-35-28-21-14-7;1-2(3)4/h8-70H2,1-7H3;1H3,(H,3,4)/q+1;/p-1. The van der Waals surface area contributed by atoms with Gasteiger partial charge in [0.1, 0.15) is 11.1 Å². The molecule has 0 aromatic heterocycles. The van der Waals surface area contributed by atoms with Crippen LogP contribution in [0, 0.1) is 0 Å². The highest BCUT2D eigenvalue weighted by atomic mass is 16.4. The first-order valence-corrected chi connectivity index (χ1v) is 37.4. The number of hydrogen-bond donors (Lipinski definition) is 0. The summed E-state index contributed by atoms with van der Waals surface area (Å²) in [5.41, 5.74) is 0.396. The van der Waals surface area contributed by atoms with Crippen molar-refractivity contribution in [2.24, 2.45) is 4.99 Å². The number of hydrogen-bond acceptors (Lipinski definition) is 3. The first kappa shape index (κ1) is 78.1. The Labute approximate surface area is 500 Å². The Balaban J connectivity index is 0.0000147. The number of rotatable bonds is 63. The zero-order valence-corrected chi connectivity index (χ0v) is 56.3. The highest BCUT2D eigenvalue weighted by Gasteiger charge is 2.68. The van der Waals surface area contributed by atoms with Gasteiger partial charge in [-0.25, -0.2) is 4.99 Å². The van der Waals surface area contributed by atoms with Gasteiger partial charge in [-0.2, -0.15) is 0 Å². The molecule has 0 amide bonds. The van der Waals surface area contributed by atoms with Crippen molar-refractivity contribution in [3.8, 4) is 0 Å². The Kier molecular flexibility index (Phi) is 58.2. The van der Waals surface area contributed by atoms with Gasteiger partial charge in [0, 0.05) is 25.2 Å². The van der Waals surface area contributed by atoms with Crippen molar-refractivity contribution in [1.29, 1.82) is 0 Å². The van der Waals surface area contributed by atoms with Crippen LogP contribution in [0.5, 0.6) is 0 Å². The van der Waals surface area contributed by atoms with Crippen LogP contribution in [-0.2, 0) is 4.79 Å². The minimum atomic E-state index is -1.08. The second-order valence-corrected chi connectivity index (χ2v) is 26.6. The summed E-state index contributed by atoms with van der Waals surface area (Å²) in [6.07, 6.45) is 87.3. The molecule has 1 aliphatic heterocycles. The quantitative estimate of drug-likeness (QED) is 0.0450. The molecular formula is C75H150N2O2. The second-order valence-electron chi connectivity index (χ2n) is 26.6. The summed E-state index contributed by atoms with van der Waals surface area (Å²) in [6, 6.07) is 0. The molecule has 0 unspecified atom stereocenters. The van der Waals surface area contributed by atoms with Gasteiger partial charge >= 0.3 is 0 Å². The van der Waals surface area contributed by atoms with Gasteiger partial charge in [-0.05, 0) is 64.7 Å². The van der Waals surface area contributed by atoms with Gasteiger partial charge in [0.2, 0.25) is 0 Å². The van der Waals surface area contributed by atoms with Crippen LogP contribution >= 0.6 is 0 Å². The molecule has 472 valence electrons. The summed E-state index contributed by atoms with van der Waals surface area (Å²) in [5, 5.41) is 8.89. The number of carbonyl (C=O) groups is 1. The Morgan fingerprint density at radius 2 is 0.494 bits per heavy atom. The lowest BCUT2D eigenvalue weighted by Crippen LogP contribution is -2.71. The van der Waals surface area contributed by atoms with E-state index in [1.54, 1.807) is 5.84 Å². The van der Waals surface area contributed by atoms with E-state index in [1.165, 1.54) is 409 Å². The van der Waals surface area contributed by atoms with Crippen molar-refractivity contribution < 1.29 is 14.4 Å². The van der Waals surface area contributed by atoms with Gasteiger partial charge in [0.05, 0.1) is 13.1 Å². The number of carboxylic acid groups (broad SMARTS) is 1. The van der Waals surface area contributed by atoms with Crippen molar-refractivity contribution in [3.05, 3.63) is 0 Å². The molecule has 1 rings (SSSR count). The van der Waals surface area contributed by atoms with Crippen LogP contribution in [0.1, 0.15) is 447 Å². The third-order valence-electron chi connectivity index (χ3n) is 19.3. The van der Waals surface area contributed by atoms with E-state index < -0.39 is 5.97 Å². The van der Waals surface area contributed by atoms with Crippen molar-refractivity contribution in [2.45, 2.75) is 458 Å². The Bertz CT molecular complexity index is 1200. The number of carboxylic acids is 1. The number of quaternary nitrogens is 1. The Morgan fingerprint density at radius 1 is 0.304 bits per heavy atom. The van der Waals surface area contributed by atoms with E-state index in [0.29, 0.717) is 0 Å². The molecule has 0 aliphatic carbocycles. The highest BCUT2D eigenvalue weighted by Crippen LogP contribution is 2.56. The number of aliphatic carboxylic acids is 1. The normalized spacial score (nSPS) is 14.5. The van der Waals surface area contributed by atoms with E-state index in [9.17, 15) is 0 Å². The van der Waals surface area contributed by atoms with Gasteiger partial charge in [-0.15, -0.1) is 0 Å². The van der Waals surface area contributed by atoms with Crippen molar-refractivity contribution in [3.63, 3.8) is 0 Å². The van der Waals surface area contributed by atoms with E-state index in [0.717, 1.165) is 6.92 Å². The highest BCUT2D eigenvalue weighted by molar-refractivity contribution is 5.79. The zero-order valence-electron chi connectivity index (χ0n) is 56.3. The minimum Gasteiger partial charge on any atom is -0.550 e. The minimum absolute atomic E-state index is 0.120. The smallest absolute Gasteiger partial charge is 0.199 e. The summed E-state index contributed by atoms with van der Waals surface area (Å²) in [5.74, 6) is 0.699. The summed E-state index contributed by atoms with van der Waals surface area (Å²) in [6.45, 7) is 20.5. The molecule has 0 aromatic rings. The van der Waals surface area contributed by atoms with Gasteiger partial charge in [-0.1, -0.05) is 363 Å². The molecule has 0 aromatic carbocycles. The third kappa shape index (κ3) is 40.1. The van der Waals surface area contributed by atoms with Crippen LogP contribution in [0.15, 0.2) is 4.99 Å². The summed E-state index contributed by atoms with van der Waals surface area (Å²) < 4.78 is 1.36. The van der Waals surface area contributed by atoms with E-state index in [-0.39, 0.29) is 11.1 Å². The molecule has 4 nitrogen and oxygen atoms in total. The predicted molar refractivity (Wildman–Crippen MR) is 355 cm³/mol. The molecular weight excluding hydrogens is 961 g/mol. The number of amidine groups is 1. The summed E-state index contributed by atoms with van der Waals surface area (Å²) >= 11 is 0. The summed E-state index contributed by atoms with van der Waals surface area (Å²) in [4.78, 5) is 15.7. The Morgan fingerprint density at radius 3 is 0.734 bits per heavy atom. The SMILES string of the molecule is CC(=O)[O-].CCCCCCCCCCC1=NC(CCCCCCCCCC)(CCCCCCCCCC)C(CCCCCCCCCC)(CCCCCCCCCC)[N+]1(CCCCCCCCCC)CCCCCCCCCC. The molecule has 0 N–H and O–H groups in total. The van der Waals surface area contributed by atoms with Crippen LogP contribution in [0.25, 0.3) is 0 Å². The topological polar surface area (TPSA) is 52.5 Å². The molecule has 0 saturated heterocycles. The van der Waals surface area contributed by atoms with E-state index >= 15 is 0 Å². The van der Waals surface area contributed by atoms with E-state index in [4.69, 9.17) is 14.9 Å². The molecule has 0 spiro atoms. The lowest BCUT2D eigenvalue weighted by molar-refractivity contribution is -0.897. The predicted octanol–water partition coefficient (Wildman–Crippen LogP) is 25.4. The average Bonchev–Trinajstić information content (AvgIpc) is 3.90. The molecule has 1 aliphatic rings. The molecule has 0 atom stereocenters. The second kappa shape index (κ2) is 58.9. The van der Waals surface area contributed by atoms with Crippen molar-refractivity contribution in [1.82, 2.24) is 0 Å². The maximum Gasteiger partial charge on any atom is 0.199 e. The molecule has 1 heterocycles. The van der Waals surface area contributed by atoms with Crippen LogP contribution < -0.4 is 5.11 Å². The third-order valence-corrected chi connectivity index (χ3v) is 19.3. The first-order chi connectivity index (χ1) is 38.8. The fraction of sp³-hybridized carbons (Fsp3) is 0.973. The lowest BCUT2D eigenvalue weighted by atomic mass is 9.64. The number of aliphatic imine (C=N–C) groups is 1. The zero-order chi connectivity index (χ0) is 57.9. The molecule has 0 radical (unpaired) electrons. The monoisotopic (exact) mass is 1110 g/mol.